The van der Waals surface area contributed by atoms with Crippen LogP contribution in [-0.4, -0.2) is 49.0 Å². The van der Waals surface area contributed by atoms with Gasteiger partial charge in [-0.3, -0.25) is 0 Å². The van der Waals surface area contributed by atoms with Gasteiger partial charge in [-0.2, -0.15) is 0 Å². The third kappa shape index (κ3) is 9.57. The lowest BCUT2D eigenvalue weighted by atomic mass is 10.1. The van der Waals surface area contributed by atoms with Gasteiger partial charge in [-0.1, -0.05) is 40.5 Å². The minimum atomic E-state index is -0.351. The normalized spacial score (nSPS) is 15.2. The van der Waals surface area contributed by atoms with Crippen LogP contribution in [0.5, 0.6) is 0 Å². The third-order valence-corrected chi connectivity index (χ3v) is 3.14. The fourth-order valence-electron chi connectivity index (χ4n) is 1.72. The van der Waals surface area contributed by atoms with Crippen LogP contribution in [0.1, 0.15) is 47.0 Å². The van der Waals surface area contributed by atoms with Crippen LogP contribution in [-0.2, 0) is 4.74 Å². The van der Waals surface area contributed by atoms with Crippen LogP contribution in [0.15, 0.2) is 0 Å². The molecule has 0 aromatic heterocycles. The molecule has 104 valence electrons. The maximum atomic E-state index is 9.87. The van der Waals surface area contributed by atoms with Crippen LogP contribution in [0.25, 0.3) is 0 Å². The maximum absolute atomic E-state index is 9.87. The first-order valence-electron chi connectivity index (χ1n) is 7.12. The molecule has 2 atom stereocenters. The lowest BCUT2D eigenvalue weighted by molar-refractivity contribution is 0.0145. The SMILES string of the molecule is CCCCOCC(O)CN(CC)CC(C)CC. The molecule has 17 heavy (non-hydrogen) atoms. The predicted molar refractivity (Wildman–Crippen MR) is 73.3 cm³/mol. The summed E-state index contributed by atoms with van der Waals surface area (Å²) >= 11 is 0. The smallest absolute Gasteiger partial charge is 0.0900 e. The highest BCUT2D eigenvalue weighted by molar-refractivity contribution is 4.65. The van der Waals surface area contributed by atoms with Crippen molar-refractivity contribution in [1.82, 2.24) is 4.90 Å². The fourth-order valence-corrected chi connectivity index (χ4v) is 1.72. The zero-order chi connectivity index (χ0) is 13.1. The molecule has 0 amide bonds. The van der Waals surface area contributed by atoms with Crippen molar-refractivity contribution < 1.29 is 9.84 Å². The molecule has 0 aliphatic heterocycles. The second-order valence-corrected chi connectivity index (χ2v) is 4.95. The molecular weight excluding hydrogens is 214 g/mol. The number of hydrogen-bond donors (Lipinski definition) is 1. The number of aliphatic hydroxyl groups excluding tert-OH is 1. The Morgan fingerprint density at radius 1 is 1.18 bits per heavy atom. The highest BCUT2D eigenvalue weighted by Crippen LogP contribution is 2.05. The minimum Gasteiger partial charge on any atom is -0.389 e. The fraction of sp³-hybridized carbons (Fsp3) is 1.00. The summed E-state index contributed by atoms with van der Waals surface area (Å²) in [7, 11) is 0. The molecule has 3 nitrogen and oxygen atoms in total. The van der Waals surface area contributed by atoms with E-state index < -0.39 is 0 Å². The van der Waals surface area contributed by atoms with E-state index in [0.717, 1.165) is 39.1 Å². The van der Waals surface area contributed by atoms with Crippen LogP contribution >= 0.6 is 0 Å². The van der Waals surface area contributed by atoms with E-state index >= 15 is 0 Å². The van der Waals surface area contributed by atoms with Gasteiger partial charge in [0.2, 0.25) is 0 Å². The van der Waals surface area contributed by atoms with Crippen molar-refractivity contribution in [2.45, 2.75) is 53.1 Å². The van der Waals surface area contributed by atoms with Gasteiger partial charge in [0.25, 0.3) is 0 Å². The summed E-state index contributed by atoms with van der Waals surface area (Å²) in [6.45, 7) is 12.8. The summed E-state index contributed by atoms with van der Waals surface area (Å²) in [6.07, 6.45) is 3.07. The van der Waals surface area contributed by atoms with E-state index in [9.17, 15) is 5.11 Å². The Hall–Kier alpha value is -0.120. The molecule has 0 fully saturated rings. The molecule has 2 unspecified atom stereocenters. The first-order chi connectivity index (χ1) is 8.13. The molecule has 0 aliphatic rings. The Morgan fingerprint density at radius 2 is 1.88 bits per heavy atom. The first-order valence-corrected chi connectivity index (χ1v) is 7.12. The average molecular weight is 245 g/mol. The number of unbranched alkanes of at least 4 members (excludes halogenated alkanes) is 1. The van der Waals surface area contributed by atoms with Crippen molar-refractivity contribution in [2.24, 2.45) is 5.92 Å². The second kappa shape index (κ2) is 11.0. The van der Waals surface area contributed by atoms with Crippen LogP contribution in [0.4, 0.5) is 0 Å². The zero-order valence-corrected chi connectivity index (χ0v) is 12.1. The monoisotopic (exact) mass is 245 g/mol. The quantitative estimate of drug-likeness (QED) is 0.568. The van der Waals surface area contributed by atoms with E-state index in [1.54, 1.807) is 0 Å². The summed E-state index contributed by atoms with van der Waals surface area (Å²) in [4.78, 5) is 2.31. The van der Waals surface area contributed by atoms with E-state index in [-0.39, 0.29) is 6.10 Å². The summed E-state index contributed by atoms with van der Waals surface area (Å²) in [6, 6.07) is 0. The molecule has 0 bridgehead atoms. The number of aliphatic hydroxyl groups is 1. The van der Waals surface area contributed by atoms with Crippen molar-refractivity contribution in [3.63, 3.8) is 0 Å². The van der Waals surface area contributed by atoms with Crippen molar-refractivity contribution >= 4 is 0 Å². The Balaban J connectivity index is 3.69. The standard InChI is InChI=1S/C14H31NO2/c1-5-8-9-17-12-14(16)11-15(7-3)10-13(4)6-2/h13-14,16H,5-12H2,1-4H3. The molecule has 0 rings (SSSR count). The van der Waals surface area contributed by atoms with E-state index in [2.05, 4.69) is 32.6 Å². The first kappa shape index (κ1) is 16.9. The number of hydrogen-bond acceptors (Lipinski definition) is 3. The average Bonchev–Trinajstić information content (AvgIpc) is 2.33. The molecule has 0 saturated heterocycles. The van der Waals surface area contributed by atoms with Gasteiger partial charge >= 0.3 is 0 Å². The van der Waals surface area contributed by atoms with E-state index in [1.165, 1.54) is 6.42 Å². The van der Waals surface area contributed by atoms with Gasteiger partial charge in [0.1, 0.15) is 0 Å². The Bertz CT molecular complexity index is 164. The molecule has 0 aliphatic carbocycles. The van der Waals surface area contributed by atoms with Gasteiger partial charge < -0.3 is 14.7 Å². The van der Waals surface area contributed by atoms with Crippen LogP contribution in [0, 0.1) is 5.92 Å². The lowest BCUT2D eigenvalue weighted by Gasteiger charge is -2.26. The molecule has 0 radical (unpaired) electrons. The Labute approximate surface area is 107 Å². The number of ether oxygens (including phenoxy) is 1. The molecule has 0 aromatic carbocycles. The molecule has 0 spiro atoms. The van der Waals surface area contributed by atoms with Gasteiger partial charge in [-0.05, 0) is 18.9 Å². The van der Waals surface area contributed by atoms with Gasteiger partial charge in [0.15, 0.2) is 0 Å². The minimum absolute atomic E-state index is 0.351. The predicted octanol–water partition coefficient (Wildman–Crippen LogP) is 2.53. The van der Waals surface area contributed by atoms with Gasteiger partial charge in [0.05, 0.1) is 12.7 Å². The van der Waals surface area contributed by atoms with Crippen molar-refractivity contribution in [2.75, 3.05) is 32.8 Å². The molecule has 0 aromatic rings. The molecule has 0 saturated carbocycles. The lowest BCUT2D eigenvalue weighted by Crippen LogP contribution is -2.37. The topological polar surface area (TPSA) is 32.7 Å². The van der Waals surface area contributed by atoms with E-state index in [4.69, 9.17) is 4.74 Å². The third-order valence-electron chi connectivity index (χ3n) is 3.14. The highest BCUT2D eigenvalue weighted by Gasteiger charge is 2.12. The zero-order valence-electron chi connectivity index (χ0n) is 12.1. The highest BCUT2D eigenvalue weighted by atomic mass is 16.5. The molecular formula is C14H31NO2. The van der Waals surface area contributed by atoms with Crippen LogP contribution in [0.3, 0.4) is 0 Å². The summed E-state index contributed by atoms with van der Waals surface area (Å²) in [5.74, 6) is 0.697. The van der Waals surface area contributed by atoms with Crippen LogP contribution < -0.4 is 0 Å². The number of rotatable bonds is 11. The molecule has 3 heteroatoms. The van der Waals surface area contributed by atoms with Crippen molar-refractivity contribution in [1.29, 1.82) is 0 Å². The summed E-state index contributed by atoms with van der Waals surface area (Å²) < 4.78 is 5.44. The number of nitrogens with zero attached hydrogens (tertiary/aromatic N) is 1. The molecule has 0 heterocycles. The van der Waals surface area contributed by atoms with Crippen molar-refractivity contribution in [3.8, 4) is 0 Å². The maximum Gasteiger partial charge on any atom is 0.0900 e. The number of likely N-dealkylation sites (N-methyl/N-ethyl adjacent to an activating group) is 1. The Morgan fingerprint density at radius 3 is 2.41 bits per heavy atom. The van der Waals surface area contributed by atoms with Gasteiger partial charge in [-0.25, -0.2) is 0 Å². The largest absolute Gasteiger partial charge is 0.389 e. The van der Waals surface area contributed by atoms with E-state index in [0.29, 0.717) is 12.5 Å². The molecule has 1 N–H and O–H groups in total. The Kier molecular flexibility index (Phi) is 10.9. The van der Waals surface area contributed by atoms with Gasteiger partial charge in [0, 0.05) is 19.7 Å². The van der Waals surface area contributed by atoms with E-state index in [1.807, 2.05) is 0 Å². The van der Waals surface area contributed by atoms with Crippen LogP contribution in [0.2, 0.25) is 0 Å². The summed E-state index contributed by atoms with van der Waals surface area (Å²) in [5.41, 5.74) is 0. The van der Waals surface area contributed by atoms with Gasteiger partial charge in [-0.15, -0.1) is 0 Å². The second-order valence-electron chi connectivity index (χ2n) is 4.95. The summed E-state index contributed by atoms with van der Waals surface area (Å²) in [5, 5.41) is 9.87. The van der Waals surface area contributed by atoms with Crippen molar-refractivity contribution in [3.05, 3.63) is 0 Å².